The van der Waals surface area contributed by atoms with Gasteiger partial charge in [-0.15, -0.1) is 0 Å². The normalized spacial score (nSPS) is 13.8. The van der Waals surface area contributed by atoms with Gasteiger partial charge in [-0.05, 0) is 49.4 Å². The zero-order valence-corrected chi connectivity index (χ0v) is 14.2. The van der Waals surface area contributed by atoms with Crippen molar-refractivity contribution in [2.75, 3.05) is 11.9 Å². The van der Waals surface area contributed by atoms with Crippen LogP contribution in [0.3, 0.4) is 0 Å². The molecule has 0 fully saturated rings. The number of carbonyl (C=O) groups excluding carboxylic acids is 1. The van der Waals surface area contributed by atoms with Crippen molar-refractivity contribution >= 4 is 23.2 Å². The number of alkyl halides is 3. The molecule has 2 rings (SSSR count). The van der Waals surface area contributed by atoms with Gasteiger partial charge in [0, 0.05) is 5.69 Å². The number of aliphatic hydroxyl groups is 1. The molecule has 0 heterocycles. The monoisotopic (exact) mass is 391 g/mol. The summed E-state index contributed by atoms with van der Waals surface area (Å²) >= 11 is 5.51. The topological polar surface area (TPSA) is 58.6 Å². The van der Waals surface area contributed by atoms with Crippen LogP contribution in [0.25, 0.3) is 0 Å². The summed E-state index contributed by atoms with van der Waals surface area (Å²) in [7, 11) is 0. The second kappa shape index (κ2) is 7.51. The minimum absolute atomic E-state index is 0.186. The lowest BCUT2D eigenvalue weighted by Crippen LogP contribution is -2.45. The van der Waals surface area contributed by atoms with Gasteiger partial charge >= 0.3 is 6.18 Å². The minimum Gasteiger partial charge on any atom is -0.490 e. The summed E-state index contributed by atoms with van der Waals surface area (Å²) in [5.41, 5.74) is -3.35. The Bertz CT molecular complexity index is 792. The lowest BCUT2D eigenvalue weighted by atomic mass is 10.1. The maximum atomic E-state index is 12.8. The maximum Gasteiger partial charge on any atom is 0.417 e. The second-order valence-electron chi connectivity index (χ2n) is 5.66. The van der Waals surface area contributed by atoms with Crippen LogP contribution in [-0.2, 0) is 11.0 Å². The number of rotatable bonds is 5. The van der Waals surface area contributed by atoms with Crippen molar-refractivity contribution in [2.45, 2.75) is 18.7 Å². The van der Waals surface area contributed by atoms with Crippen LogP contribution in [0.2, 0.25) is 5.02 Å². The highest BCUT2D eigenvalue weighted by Crippen LogP contribution is 2.36. The third kappa shape index (κ3) is 5.09. The quantitative estimate of drug-likeness (QED) is 0.748. The van der Waals surface area contributed by atoms with Gasteiger partial charge in [0.05, 0.1) is 10.6 Å². The van der Waals surface area contributed by atoms with E-state index in [2.05, 4.69) is 5.32 Å². The van der Waals surface area contributed by atoms with Crippen molar-refractivity contribution in [3.05, 3.63) is 58.9 Å². The van der Waals surface area contributed by atoms with Crippen molar-refractivity contribution < 1.29 is 32.2 Å². The van der Waals surface area contributed by atoms with E-state index < -0.39 is 40.7 Å². The standard InChI is InChI=1S/C17H14ClF4NO3/c1-16(25,9-26-12-5-2-10(19)3-6-12)15(24)23-11-4-7-14(18)13(8-11)17(20,21)22/h2-8,25H,9H2,1H3,(H,23,24)/t16-/m0/s1. The number of anilines is 1. The Morgan fingerprint density at radius 2 is 1.81 bits per heavy atom. The lowest BCUT2D eigenvalue weighted by Gasteiger charge is -2.23. The van der Waals surface area contributed by atoms with Gasteiger partial charge in [0.15, 0.2) is 5.60 Å². The van der Waals surface area contributed by atoms with E-state index in [9.17, 15) is 27.5 Å². The first kappa shape index (κ1) is 20.0. The van der Waals surface area contributed by atoms with E-state index in [4.69, 9.17) is 16.3 Å². The molecule has 0 aromatic heterocycles. The SMILES string of the molecule is C[C@](O)(COc1ccc(F)cc1)C(=O)Nc1ccc(Cl)c(C(F)(F)F)c1. The smallest absolute Gasteiger partial charge is 0.417 e. The largest absolute Gasteiger partial charge is 0.490 e. The molecular weight excluding hydrogens is 378 g/mol. The van der Waals surface area contributed by atoms with Gasteiger partial charge in [-0.1, -0.05) is 11.6 Å². The Labute approximate surface area is 151 Å². The van der Waals surface area contributed by atoms with Gasteiger partial charge in [0.2, 0.25) is 0 Å². The Morgan fingerprint density at radius 3 is 2.38 bits per heavy atom. The zero-order valence-electron chi connectivity index (χ0n) is 13.4. The van der Waals surface area contributed by atoms with Gasteiger partial charge in [0.25, 0.3) is 5.91 Å². The van der Waals surface area contributed by atoms with Crippen molar-refractivity contribution in [1.82, 2.24) is 0 Å². The number of amides is 1. The van der Waals surface area contributed by atoms with Gasteiger partial charge in [-0.3, -0.25) is 4.79 Å². The van der Waals surface area contributed by atoms with Gasteiger partial charge < -0.3 is 15.2 Å². The molecule has 0 saturated heterocycles. The summed E-state index contributed by atoms with van der Waals surface area (Å²) in [5.74, 6) is -1.24. The zero-order chi connectivity index (χ0) is 19.5. The molecule has 2 aromatic carbocycles. The molecule has 26 heavy (non-hydrogen) atoms. The number of ether oxygens (including phenoxy) is 1. The number of hydrogen-bond donors (Lipinski definition) is 2. The van der Waals surface area contributed by atoms with Crippen LogP contribution < -0.4 is 10.1 Å². The van der Waals surface area contributed by atoms with Crippen LogP contribution in [0.1, 0.15) is 12.5 Å². The molecular formula is C17H14ClF4NO3. The molecule has 0 spiro atoms. The predicted molar refractivity (Wildman–Crippen MR) is 87.6 cm³/mol. The number of nitrogens with one attached hydrogen (secondary N) is 1. The number of carbonyl (C=O) groups is 1. The van der Waals surface area contributed by atoms with Crippen LogP contribution in [-0.4, -0.2) is 23.2 Å². The average Bonchev–Trinajstić information content (AvgIpc) is 2.55. The summed E-state index contributed by atoms with van der Waals surface area (Å²) in [6.07, 6.45) is -4.69. The van der Waals surface area contributed by atoms with Crippen LogP contribution in [0.4, 0.5) is 23.2 Å². The number of hydrogen-bond acceptors (Lipinski definition) is 3. The van der Waals surface area contributed by atoms with E-state index in [1.165, 1.54) is 18.2 Å². The summed E-state index contributed by atoms with van der Waals surface area (Å²) in [6, 6.07) is 7.70. The van der Waals surface area contributed by atoms with E-state index in [0.29, 0.717) is 6.07 Å². The predicted octanol–water partition coefficient (Wildman–Crippen LogP) is 4.27. The van der Waals surface area contributed by atoms with Crippen molar-refractivity contribution in [3.63, 3.8) is 0 Å². The molecule has 1 atom stereocenters. The summed E-state index contributed by atoms with van der Waals surface area (Å²) in [6.45, 7) is 0.636. The van der Waals surface area contributed by atoms with Crippen LogP contribution in [0.5, 0.6) is 5.75 Å². The molecule has 9 heteroatoms. The third-order valence-corrected chi connectivity index (χ3v) is 3.68. The van der Waals surface area contributed by atoms with Gasteiger partial charge in [-0.2, -0.15) is 13.2 Å². The first-order valence-electron chi connectivity index (χ1n) is 7.28. The molecule has 2 N–H and O–H groups in total. The fourth-order valence-electron chi connectivity index (χ4n) is 1.91. The number of halogens is 5. The molecule has 1 amide bonds. The molecule has 4 nitrogen and oxygen atoms in total. The molecule has 0 radical (unpaired) electrons. The summed E-state index contributed by atoms with van der Waals surface area (Å²) < 4.78 is 56.6. The fourth-order valence-corrected chi connectivity index (χ4v) is 2.13. The van der Waals surface area contributed by atoms with Crippen molar-refractivity contribution in [1.29, 1.82) is 0 Å². The van der Waals surface area contributed by atoms with E-state index >= 15 is 0 Å². The molecule has 140 valence electrons. The van der Waals surface area contributed by atoms with E-state index in [1.807, 2.05) is 0 Å². The van der Waals surface area contributed by atoms with Crippen LogP contribution in [0, 0.1) is 5.82 Å². The van der Waals surface area contributed by atoms with E-state index in [-0.39, 0.29) is 11.4 Å². The Kier molecular flexibility index (Phi) is 5.77. The Morgan fingerprint density at radius 1 is 1.19 bits per heavy atom. The molecule has 0 unspecified atom stereocenters. The third-order valence-electron chi connectivity index (χ3n) is 3.35. The Hall–Kier alpha value is -2.32. The highest BCUT2D eigenvalue weighted by atomic mass is 35.5. The second-order valence-corrected chi connectivity index (χ2v) is 6.07. The first-order chi connectivity index (χ1) is 12.0. The average molecular weight is 392 g/mol. The van der Waals surface area contributed by atoms with Crippen LogP contribution in [0.15, 0.2) is 42.5 Å². The van der Waals surface area contributed by atoms with Gasteiger partial charge in [-0.25, -0.2) is 4.39 Å². The molecule has 0 aliphatic heterocycles. The van der Waals surface area contributed by atoms with E-state index in [0.717, 1.165) is 25.1 Å². The summed E-state index contributed by atoms with van der Waals surface area (Å²) in [5, 5.41) is 11.9. The minimum atomic E-state index is -4.69. The van der Waals surface area contributed by atoms with Gasteiger partial charge in [0.1, 0.15) is 18.2 Å². The fraction of sp³-hybridized carbons (Fsp3) is 0.235. The molecule has 0 aliphatic rings. The molecule has 2 aromatic rings. The van der Waals surface area contributed by atoms with Crippen LogP contribution >= 0.6 is 11.6 Å². The number of benzene rings is 2. The van der Waals surface area contributed by atoms with Crippen molar-refractivity contribution in [2.24, 2.45) is 0 Å². The molecule has 0 aliphatic carbocycles. The highest BCUT2D eigenvalue weighted by molar-refractivity contribution is 6.31. The van der Waals surface area contributed by atoms with E-state index in [1.54, 1.807) is 0 Å². The highest BCUT2D eigenvalue weighted by Gasteiger charge is 2.35. The first-order valence-corrected chi connectivity index (χ1v) is 7.66. The molecule has 0 saturated carbocycles. The Balaban J connectivity index is 2.06. The van der Waals surface area contributed by atoms with Crippen molar-refractivity contribution in [3.8, 4) is 5.75 Å². The summed E-state index contributed by atoms with van der Waals surface area (Å²) in [4.78, 5) is 12.1. The lowest BCUT2D eigenvalue weighted by molar-refractivity contribution is -0.138. The molecule has 0 bridgehead atoms. The maximum absolute atomic E-state index is 12.8.